The first-order valence-corrected chi connectivity index (χ1v) is 11.5. The number of anilines is 1. The van der Waals surface area contributed by atoms with Crippen LogP contribution in [0.5, 0.6) is 0 Å². The van der Waals surface area contributed by atoms with Crippen LogP contribution in [-0.4, -0.2) is 47.8 Å². The average molecular weight is 456 g/mol. The minimum Gasteiger partial charge on any atom is -0.364 e. The van der Waals surface area contributed by atoms with Gasteiger partial charge in [-0.15, -0.1) is 0 Å². The summed E-state index contributed by atoms with van der Waals surface area (Å²) in [6.07, 6.45) is 0. The van der Waals surface area contributed by atoms with E-state index < -0.39 is 0 Å². The minimum absolute atomic E-state index is 0.327. The Balaban J connectivity index is 1.45. The monoisotopic (exact) mass is 455 g/mol. The third-order valence-electron chi connectivity index (χ3n) is 6.39. The average Bonchev–Trinajstić information content (AvgIpc) is 3.10. The minimum atomic E-state index is -0.382. The topological polar surface area (TPSA) is 43.9 Å². The van der Waals surface area contributed by atoms with Crippen LogP contribution in [0.2, 0.25) is 0 Å². The number of amides is 2. The van der Waals surface area contributed by atoms with Gasteiger partial charge in [0.15, 0.2) is 0 Å². The Morgan fingerprint density at radius 2 is 1.50 bits per heavy atom. The molecule has 0 aromatic heterocycles. The van der Waals surface area contributed by atoms with E-state index in [1.807, 2.05) is 48.2 Å². The zero-order valence-electron chi connectivity index (χ0n) is 19.1. The molecule has 172 valence electrons. The number of hydrogen-bond donors (Lipinski definition) is 0. The van der Waals surface area contributed by atoms with Crippen LogP contribution in [0.4, 0.5) is 10.1 Å². The molecule has 3 aromatic rings. The molecule has 0 radical (unpaired) electrons. The number of hydrogen-bond acceptors (Lipinski definition) is 4. The predicted octanol–water partition coefficient (Wildman–Crippen LogP) is 4.24. The molecule has 2 aliphatic rings. The normalized spacial score (nSPS) is 17.1. The second kappa shape index (κ2) is 9.23. The SMILES string of the molecule is Cc1cccc(N2C(=O)C(c3ccc(F)cc3)=C(N3CCN(Cc4ccccc4)CC3)C2=O)c1. The summed E-state index contributed by atoms with van der Waals surface area (Å²) in [5, 5.41) is 0. The van der Waals surface area contributed by atoms with Gasteiger partial charge in [0, 0.05) is 32.7 Å². The molecule has 5 rings (SSSR count). The van der Waals surface area contributed by atoms with Gasteiger partial charge in [-0.05, 0) is 47.9 Å². The van der Waals surface area contributed by atoms with Gasteiger partial charge in [-0.25, -0.2) is 9.29 Å². The van der Waals surface area contributed by atoms with Crippen LogP contribution in [-0.2, 0) is 16.1 Å². The molecule has 0 aliphatic carbocycles. The lowest BCUT2D eigenvalue weighted by atomic mass is 10.0. The molecule has 1 fully saturated rings. The molecule has 5 nitrogen and oxygen atoms in total. The van der Waals surface area contributed by atoms with Crippen molar-refractivity contribution in [2.45, 2.75) is 13.5 Å². The van der Waals surface area contributed by atoms with Crippen molar-refractivity contribution in [3.05, 3.63) is 107 Å². The number of halogens is 1. The summed E-state index contributed by atoms with van der Waals surface area (Å²) in [6, 6.07) is 23.5. The lowest BCUT2D eigenvalue weighted by molar-refractivity contribution is -0.120. The first kappa shape index (κ1) is 22.0. The van der Waals surface area contributed by atoms with Gasteiger partial charge in [0.1, 0.15) is 11.5 Å². The summed E-state index contributed by atoms with van der Waals surface area (Å²) < 4.78 is 13.6. The quantitative estimate of drug-likeness (QED) is 0.540. The lowest BCUT2D eigenvalue weighted by Crippen LogP contribution is -2.47. The maximum atomic E-state index is 13.7. The van der Waals surface area contributed by atoms with E-state index in [0.717, 1.165) is 25.2 Å². The zero-order chi connectivity index (χ0) is 23.7. The third-order valence-corrected chi connectivity index (χ3v) is 6.39. The number of aryl methyl sites for hydroxylation is 1. The molecule has 0 unspecified atom stereocenters. The van der Waals surface area contributed by atoms with Crippen LogP contribution in [0, 0.1) is 12.7 Å². The molecule has 2 aliphatic heterocycles. The van der Waals surface area contributed by atoms with E-state index in [2.05, 4.69) is 17.0 Å². The molecular formula is C28H26FN3O2. The first-order valence-electron chi connectivity index (χ1n) is 11.5. The van der Waals surface area contributed by atoms with Crippen molar-refractivity contribution in [2.24, 2.45) is 0 Å². The van der Waals surface area contributed by atoms with E-state index >= 15 is 0 Å². The number of piperazine rings is 1. The molecule has 6 heteroatoms. The summed E-state index contributed by atoms with van der Waals surface area (Å²) in [4.78, 5) is 32.9. The smallest absolute Gasteiger partial charge is 0.282 e. The predicted molar refractivity (Wildman–Crippen MR) is 130 cm³/mol. The summed E-state index contributed by atoms with van der Waals surface area (Å²) in [5.74, 6) is -1.08. The van der Waals surface area contributed by atoms with Gasteiger partial charge in [0.05, 0.1) is 11.3 Å². The summed E-state index contributed by atoms with van der Waals surface area (Å²) in [7, 11) is 0. The summed E-state index contributed by atoms with van der Waals surface area (Å²) in [6.45, 7) is 5.60. The number of benzene rings is 3. The summed E-state index contributed by atoms with van der Waals surface area (Å²) in [5.41, 5.74) is 4.05. The molecular weight excluding hydrogens is 429 g/mol. The van der Waals surface area contributed by atoms with E-state index in [4.69, 9.17) is 0 Å². The van der Waals surface area contributed by atoms with Gasteiger partial charge in [-0.1, -0.05) is 54.6 Å². The number of carbonyl (C=O) groups excluding carboxylic acids is 2. The van der Waals surface area contributed by atoms with Gasteiger partial charge in [-0.3, -0.25) is 14.5 Å². The molecule has 2 heterocycles. The Morgan fingerprint density at radius 3 is 2.18 bits per heavy atom. The second-order valence-corrected chi connectivity index (χ2v) is 8.76. The first-order chi connectivity index (χ1) is 16.5. The maximum Gasteiger partial charge on any atom is 0.282 e. The van der Waals surface area contributed by atoms with Gasteiger partial charge >= 0.3 is 0 Å². The van der Waals surface area contributed by atoms with Gasteiger partial charge in [0.2, 0.25) is 0 Å². The number of nitrogens with zero attached hydrogens (tertiary/aromatic N) is 3. The fourth-order valence-corrected chi connectivity index (χ4v) is 4.66. The number of rotatable bonds is 5. The maximum absolute atomic E-state index is 13.7. The van der Waals surface area contributed by atoms with Crippen molar-refractivity contribution in [1.29, 1.82) is 0 Å². The van der Waals surface area contributed by atoms with Crippen LogP contribution in [0.25, 0.3) is 5.57 Å². The molecule has 2 amide bonds. The highest BCUT2D eigenvalue weighted by molar-refractivity contribution is 6.45. The highest BCUT2D eigenvalue weighted by atomic mass is 19.1. The van der Waals surface area contributed by atoms with Crippen LogP contribution in [0.3, 0.4) is 0 Å². The van der Waals surface area contributed by atoms with E-state index in [0.29, 0.717) is 35.6 Å². The molecule has 0 saturated carbocycles. The Bertz CT molecular complexity index is 1250. The highest BCUT2D eigenvalue weighted by Gasteiger charge is 2.43. The van der Waals surface area contributed by atoms with Crippen LogP contribution >= 0.6 is 0 Å². The Kier molecular flexibility index (Phi) is 5.99. The molecule has 0 atom stereocenters. The van der Waals surface area contributed by atoms with E-state index in [-0.39, 0.29) is 17.6 Å². The Morgan fingerprint density at radius 1 is 0.794 bits per heavy atom. The van der Waals surface area contributed by atoms with E-state index in [1.54, 1.807) is 18.2 Å². The molecule has 34 heavy (non-hydrogen) atoms. The molecule has 1 saturated heterocycles. The van der Waals surface area contributed by atoms with Crippen LogP contribution < -0.4 is 4.90 Å². The Hall–Kier alpha value is -3.77. The highest BCUT2D eigenvalue weighted by Crippen LogP contribution is 2.35. The van der Waals surface area contributed by atoms with Crippen molar-refractivity contribution in [3.8, 4) is 0 Å². The molecule has 0 N–H and O–H groups in total. The standard InChI is InChI=1S/C28H26FN3O2/c1-20-6-5-9-24(18-20)32-27(33)25(22-10-12-23(29)13-11-22)26(28(32)34)31-16-14-30(15-17-31)19-21-7-3-2-4-8-21/h2-13,18H,14-17,19H2,1H3. The van der Waals surface area contributed by atoms with Gasteiger partial charge < -0.3 is 4.90 Å². The lowest BCUT2D eigenvalue weighted by Gasteiger charge is -2.36. The zero-order valence-corrected chi connectivity index (χ0v) is 19.1. The van der Waals surface area contributed by atoms with Crippen molar-refractivity contribution in [2.75, 3.05) is 31.1 Å². The van der Waals surface area contributed by atoms with Crippen LogP contribution in [0.15, 0.2) is 84.6 Å². The third kappa shape index (κ3) is 4.24. The van der Waals surface area contributed by atoms with E-state index in [1.165, 1.54) is 22.6 Å². The fraction of sp³-hybridized carbons (Fsp3) is 0.214. The second-order valence-electron chi connectivity index (χ2n) is 8.76. The largest absolute Gasteiger partial charge is 0.364 e. The summed E-state index contributed by atoms with van der Waals surface area (Å²) >= 11 is 0. The Labute approximate surface area is 198 Å². The van der Waals surface area contributed by atoms with Gasteiger partial charge in [-0.2, -0.15) is 0 Å². The number of carbonyl (C=O) groups is 2. The molecule has 0 spiro atoms. The fourth-order valence-electron chi connectivity index (χ4n) is 4.66. The van der Waals surface area contributed by atoms with Crippen molar-refractivity contribution in [1.82, 2.24) is 9.80 Å². The van der Waals surface area contributed by atoms with Gasteiger partial charge in [0.25, 0.3) is 11.8 Å². The number of imide groups is 1. The molecule has 3 aromatic carbocycles. The van der Waals surface area contributed by atoms with Crippen molar-refractivity contribution < 1.29 is 14.0 Å². The van der Waals surface area contributed by atoms with Crippen molar-refractivity contribution in [3.63, 3.8) is 0 Å². The van der Waals surface area contributed by atoms with Crippen LogP contribution in [0.1, 0.15) is 16.7 Å². The molecule has 0 bridgehead atoms. The van der Waals surface area contributed by atoms with Crippen molar-refractivity contribution >= 4 is 23.1 Å². The van der Waals surface area contributed by atoms with E-state index in [9.17, 15) is 14.0 Å².